The Balaban J connectivity index is 1.96. The summed E-state index contributed by atoms with van der Waals surface area (Å²) in [6, 6.07) is 5.48. The van der Waals surface area contributed by atoms with Crippen LogP contribution in [-0.4, -0.2) is 37.5 Å². The molecule has 1 aromatic carbocycles. The molecule has 1 heterocycles. The highest BCUT2D eigenvalue weighted by atomic mass is 35.5. The fourth-order valence-corrected chi connectivity index (χ4v) is 3.43. The number of hydrogen-bond donors (Lipinski definition) is 0. The molecule has 3 rings (SSSR count). The summed E-state index contributed by atoms with van der Waals surface area (Å²) >= 11 is 12.2. The number of allylic oxidation sites excluding steroid dienone is 2. The van der Waals surface area contributed by atoms with Crippen LogP contribution in [0.25, 0.3) is 6.08 Å². The van der Waals surface area contributed by atoms with Gasteiger partial charge in [-0.05, 0) is 42.2 Å². The molecule has 116 valence electrons. The molecule has 0 amide bonds. The normalized spacial score (nSPS) is 20.8. The topological polar surface area (TPSA) is 29.5 Å². The van der Waals surface area contributed by atoms with Gasteiger partial charge in [-0.3, -0.25) is 4.79 Å². The molecule has 0 N–H and O–H groups in total. The lowest BCUT2D eigenvalue weighted by molar-refractivity contribution is -0.105. The summed E-state index contributed by atoms with van der Waals surface area (Å²) in [6.45, 7) is 3.03. The van der Waals surface area contributed by atoms with Crippen LogP contribution in [0.1, 0.15) is 18.4 Å². The minimum Gasteiger partial charge on any atom is -0.378 e. The fraction of sp³-hybridized carbons (Fsp3) is 0.353. The van der Waals surface area contributed by atoms with Gasteiger partial charge in [0.05, 0.1) is 13.2 Å². The van der Waals surface area contributed by atoms with Gasteiger partial charge in [0, 0.05) is 34.4 Å². The number of carbonyl (C=O) groups is 1. The number of rotatable bonds is 3. The third-order valence-electron chi connectivity index (χ3n) is 4.03. The van der Waals surface area contributed by atoms with Gasteiger partial charge in [-0.1, -0.05) is 29.3 Å². The quantitative estimate of drug-likeness (QED) is 0.782. The summed E-state index contributed by atoms with van der Waals surface area (Å²) in [7, 11) is 0. The molecule has 0 radical (unpaired) electrons. The highest BCUT2D eigenvalue weighted by molar-refractivity contribution is 6.35. The van der Waals surface area contributed by atoms with E-state index in [9.17, 15) is 4.79 Å². The highest BCUT2D eigenvalue weighted by Gasteiger charge is 2.25. The van der Waals surface area contributed by atoms with Crippen LogP contribution >= 0.6 is 23.2 Å². The first-order valence-electron chi connectivity index (χ1n) is 7.36. The van der Waals surface area contributed by atoms with Crippen molar-refractivity contribution < 1.29 is 9.53 Å². The lowest BCUT2D eigenvalue weighted by Gasteiger charge is -2.31. The first-order chi connectivity index (χ1) is 10.7. The lowest BCUT2D eigenvalue weighted by atomic mass is 10.1. The number of carbonyl (C=O) groups excluding carboxylic acids is 1. The Morgan fingerprint density at radius 2 is 1.91 bits per heavy atom. The predicted molar refractivity (Wildman–Crippen MR) is 89.2 cm³/mol. The number of halogens is 2. The van der Waals surface area contributed by atoms with Crippen LogP contribution in [0.2, 0.25) is 10.0 Å². The monoisotopic (exact) mass is 337 g/mol. The number of nitrogens with zero attached hydrogens (tertiary/aromatic N) is 1. The van der Waals surface area contributed by atoms with Gasteiger partial charge in [0.1, 0.15) is 6.29 Å². The number of ether oxygens (including phenoxy) is 1. The summed E-state index contributed by atoms with van der Waals surface area (Å²) in [4.78, 5) is 13.6. The Morgan fingerprint density at radius 1 is 1.14 bits per heavy atom. The standard InChI is InChI=1S/C17H17Cl2NO2/c18-15-4-3-12(16(19)10-15)9-13-1-2-14(11-21)17(13)20-5-7-22-8-6-20/h3-4,9-11H,1-2,5-8H2/b13-9-. The zero-order chi connectivity index (χ0) is 15.5. The molecule has 22 heavy (non-hydrogen) atoms. The molecule has 1 aromatic rings. The third kappa shape index (κ3) is 3.22. The van der Waals surface area contributed by atoms with E-state index < -0.39 is 0 Å². The molecule has 0 aromatic heterocycles. The van der Waals surface area contributed by atoms with E-state index in [-0.39, 0.29) is 0 Å². The molecule has 0 unspecified atom stereocenters. The second-order valence-electron chi connectivity index (χ2n) is 5.43. The van der Waals surface area contributed by atoms with Crippen LogP contribution in [0.5, 0.6) is 0 Å². The maximum absolute atomic E-state index is 11.4. The Morgan fingerprint density at radius 3 is 2.59 bits per heavy atom. The summed E-state index contributed by atoms with van der Waals surface area (Å²) in [6.07, 6.45) is 4.70. The average molecular weight is 338 g/mol. The number of morpholine rings is 1. The van der Waals surface area contributed by atoms with Gasteiger partial charge in [0.25, 0.3) is 0 Å². The molecule has 1 saturated heterocycles. The van der Waals surface area contributed by atoms with Crippen LogP contribution in [0.15, 0.2) is 35.0 Å². The SMILES string of the molecule is O=CC1=C(N2CCOCC2)/C(=C\c2ccc(Cl)cc2Cl)CC1. The Bertz CT molecular complexity index is 646. The minimum absolute atomic E-state index is 0.621. The summed E-state index contributed by atoms with van der Waals surface area (Å²) in [5.41, 5.74) is 4.02. The van der Waals surface area contributed by atoms with E-state index in [1.165, 1.54) is 0 Å². The van der Waals surface area contributed by atoms with E-state index in [4.69, 9.17) is 27.9 Å². The zero-order valence-electron chi connectivity index (χ0n) is 12.1. The largest absolute Gasteiger partial charge is 0.378 e. The van der Waals surface area contributed by atoms with Gasteiger partial charge < -0.3 is 9.64 Å². The van der Waals surface area contributed by atoms with Crippen molar-refractivity contribution in [2.24, 2.45) is 0 Å². The Hall–Kier alpha value is -1.29. The molecular weight excluding hydrogens is 321 g/mol. The molecule has 0 spiro atoms. The number of benzene rings is 1. The molecule has 1 aliphatic carbocycles. The van der Waals surface area contributed by atoms with Gasteiger partial charge in [0.2, 0.25) is 0 Å². The van der Waals surface area contributed by atoms with E-state index in [0.717, 1.165) is 54.6 Å². The number of aldehydes is 1. The van der Waals surface area contributed by atoms with Gasteiger partial charge in [-0.15, -0.1) is 0 Å². The van der Waals surface area contributed by atoms with Crippen molar-refractivity contribution in [1.29, 1.82) is 0 Å². The van der Waals surface area contributed by atoms with Crippen LogP contribution in [0.4, 0.5) is 0 Å². The minimum atomic E-state index is 0.621. The van der Waals surface area contributed by atoms with E-state index in [1.54, 1.807) is 6.07 Å². The van der Waals surface area contributed by atoms with Crippen LogP contribution in [0, 0.1) is 0 Å². The third-order valence-corrected chi connectivity index (χ3v) is 4.60. The first kappa shape index (κ1) is 15.6. The first-order valence-corrected chi connectivity index (χ1v) is 8.11. The maximum Gasteiger partial charge on any atom is 0.148 e. The van der Waals surface area contributed by atoms with Crippen molar-refractivity contribution in [3.05, 3.63) is 50.7 Å². The smallest absolute Gasteiger partial charge is 0.148 e. The Kier molecular flexibility index (Phi) is 4.87. The second-order valence-corrected chi connectivity index (χ2v) is 6.27. The van der Waals surface area contributed by atoms with Gasteiger partial charge in [0.15, 0.2) is 0 Å². The molecule has 3 nitrogen and oxygen atoms in total. The van der Waals surface area contributed by atoms with Crippen molar-refractivity contribution in [2.75, 3.05) is 26.3 Å². The summed E-state index contributed by atoms with van der Waals surface area (Å²) < 4.78 is 5.41. The van der Waals surface area contributed by atoms with Crippen molar-refractivity contribution in [3.63, 3.8) is 0 Å². The zero-order valence-corrected chi connectivity index (χ0v) is 13.7. The van der Waals surface area contributed by atoms with Crippen molar-refractivity contribution in [3.8, 4) is 0 Å². The highest BCUT2D eigenvalue weighted by Crippen LogP contribution is 2.36. The van der Waals surface area contributed by atoms with Crippen molar-refractivity contribution in [2.45, 2.75) is 12.8 Å². The molecule has 0 bridgehead atoms. The van der Waals surface area contributed by atoms with Crippen LogP contribution in [-0.2, 0) is 9.53 Å². The van der Waals surface area contributed by atoms with Crippen LogP contribution < -0.4 is 0 Å². The summed E-state index contributed by atoms with van der Waals surface area (Å²) in [5, 5.41) is 1.25. The molecule has 2 aliphatic rings. The molecule has 0 atom stereocenters. The lowest BCUT2D eigenvalue weighted by Crippen LogP contribution is -2.36. The van der Waals surface area contributed by atoms with Crippen molar-refractivity contribution >= 4 is 35.6 Å². The van der Waals surface area contributed by atoms with Crippen molar-refractivity contribution in [1.82, 2.24) is 4.90 Å². The number of hydrogen-bond acceptors (Lipinski definition) is 3. The summed E-state index contributed by atoms with van der Waals surface area (Å²) in [5.74, 6) is 0. The molecule has 0 saturated carbocycles. The Labute approximate surface area is 140 Å². The van der Waals surface area contributed by atoms with Gasteiger partial charge in [-0.2, -0.15) is 0 Å². The maximum atomic E-state index is 11.4. The van der Waals surface area contributed by atoms with Gasteiger partial charge >= 0.3 is 0 Å². The average Bonchev–Trinajstić information content (AvgIpc) is 2.93. The molecule has 5 heteroatoms. The molecule has 1 aliphatic heterocycles. The van der Waals surface area contributed by atoms with Crippen LogP contribution in [0.3, 0.4) is 0 Å². The van der Waals surface area contributed by atoms with E-state index in [0.29, 0.717) is 23.3 Å². The van der Waals surface area contributed by atoms with E-state index in [1.807, 2.05) is 12.1 Å². The van der Waals surface area contributed by atoms with E-state index in [2.05, 4.69) is 11.0 Å². The van der Waals surface area contributed by atoms with E-state index >= 15 is 0 Å². The second kappa shape index (κ2) is 6.86. The van der Waals surface area contributed by atoms with Gasteiger partial charge in [-0.25, -0.2) is 0 Å². The molecular formula is C17H17Cl2NO2. The fourth-order valence-electron chi connectivity index (χ4n) is 2.97. The predicted octanol–water partition coefficient (Wildman–Crippen LogP) is 3.96. The molecule has 1 fully saturated rings.